The minimum atomic E-state index is -5.85. The third-order valence-electron chi connectivity index (χ3n) is 2.98. The molecule has 132 valence electrons. The van der Waals surface area contributed by atoms with Gasteiger partial charge < -0.3 is 5.73 Å². The Labute approximate surface area is 139 Å². The highest BCUT2D eigenvalue weighted by Gasteiger charge is 2.60. The molecule has 0 bridgehead atoms. The predicted molar refractivity (Wildman–Crippen MR) is 82.2 cm³/mol. The maximum atomic E-state index is 13.2. The van der Waals surface area contributed by atoms with Gasteiger partial charge in [-0.3, -0.25) is 4.98 Å². The molecule has 0 saturated heterocycles. The quantitative estimate of drug-likeness (QED) is 0.386. The predicted octanol–water partition coefficient (Wildman–Crippen LogP) is 3.35. The summed E-state index contributed by atoms with van der Waals surface area (Å²) in [5.74, 6) is -7.13. The van der Waals surface area contributed by atoms with Crippen molar-refractivity contribution in [1.29, 1.82) is 0 Å². The molecule has 0 atom stereocenters. The first kappa shape index (κ1) is 18.3. The van der Waals surface area contributed by atoms with E-state index in [9.17, 15) is 22.0 Å². The van der Waals surface area contributed by atoms with Gasteiger partial charge in [0.1, 0.15) is 0 Å². The van der Waals surface area contributed by atoms with Crippen molar-refractivity contribution in [2.45, 2.75) is 12.1 Å². The van der Waals surface area contributed by atoms with E-state index in [2.05, 4.69) is 21.7 Å². The number of pyridine rings is 1. The lowest BCUT2D eigenvalue weighted by Crippen LogP contribution is -2.48. The van der Waals surface area contributed by atoms with Crippen molar-refractivity contribution in [1.82, 2.24) is 14.8 Å². The summed E-state index contributed by atoms with van der Waals surface area (Å²) in [6.45, 7) is 3.38. The second-order valence-corrected chi connectivity index (χ2v) is 4.74. The van der Waals surface area contributed by atoms with Gasteiger partial charge in [0.25, 0.3) is 0 Å². The molecule has 0 aromatic carbocycles. The SMILES string of the molecule is C=C/C=C(\N=C(N)C(F)(F)C(F)(F)F)c1cnn(-c2cccnc2)c1. The molecule has 0 saturated carbocycles. The summed E-state index contributed by atoms with van der Waals surface area (Å²) in [4.78, 5) is 7.12. The van der Waals surface area contributed by atoms with Crippen LogP contribution in [0.3, 0.4) is 0 Å². The second kappa shape index (κ2) is 6.83. The van der Waals surface area contributed by atoms with Crippen molar-refractivity contribution in [2.75, 3.05) is 0 Å². The van der Waals surface area contributed by atoms with E-state index in [4.69, 9.17) is 5.73 Å². The van der Waals surface area contributed by atoms with Crippen LogP contribution in [0.15, 0.2) is 60.6 Å². The first-order valence-corrected chi connectivity index (χ1v) is 6.74. The van der Waals surface area contributed by atoms with Gasteiger partial charge in [0, 0.05) is 18.0 Å². The number of nitrogens with zero attached hydrogens (tertiary/aromatic N) is 4. The Hall–Kier alpha value is -3.04. The van der Waals surface area contributed by atoms with E-state index < -0.39 is 17.9 Å². The number of nitrogens with two attached hydrogens (primary N) is 1. The molecule has 2 N–H and O–H groups in total. The lowest BCUT2D eigenvalue weighted by atomic mass is 10.2. The average molecular weight is 357 g/mol. The molecule has 0 amide bonds. The van der Waals surface area contributed by atoms with Crippen LogP contribution < -0.4 is 5.73 Å². The van der Waals surface area contributed by atoms with Crippen molar-refractivity contribution in [3.63, 3.8) is 0 Å². The van der Waals surface area contributed by atoms with Crippen LogP contribution in [0.5, 0.6) is 0 Å². The number of allylic oxidation sites excluding steroid dienone is 2. The first-order valence-electron chi connectivity index (χ1n) is 6.74. The zero-order valence-corrected chi connectivity index (χ0v) is 12.6. The molecule has 0 spiro atoms. The normalized spacial score (nSPS) is 13.8. The molecule has 25 heavy (non-hydrogen) atoms. The Kier molecular flexibility index (Phi) is 5.00. The van der Waals surface area contributed by atoms with Gasteiger partial charge in [0.15, 0.2) is 5.84 Å². The van der Waals surface area contributed by atoms with E-state index in [-0.39, 0.29) is 11.3 Å². The molecule has 0 aliphatic rings. The van der Waals surface area contributed by atoms with Gasteiger partial charge in [-0.05, 0) is 18.2 Å². The zero-order chi connectivity index (χ0) is 18.7. The van der Waals surface area contributed by atoms with Gasteiger partial charge in [0.2, 0.25) is 0 Å². The summed E-state index contributed by atoms with van der Waals surface area (Å²) in [6.07, 6.45) is 2.13. The molecule has 2 heterocycles. The zero-order valence-electron chi connectivity index (χ0n) is 12.6. The number of amidine groups is 1. The van der Waals surface area contributed by atoms with Crippen LogP contribution in [0.25, 0.3) is 11.4 Å². The number of hydrogen-bond donors (Lipinski definition) is 1. The van der Waals surface area contributed by atoms with Crippen LogP contribution >= 0.6 is 0 Å². The van der Waals surface area contributed by atoms with Crippen molar-refractivity contribution in [2.24, 2.45) is 10.7 Å². The maximum Gasteiger partial charge on any atom is 0.461 e. The van der Waals surface area contributed by atoms with E-state index >= 15 is 0 Å². The van der Waals surface area contributed by atoms with E-state index in [0.29, 0.717) is 5.69 Å². The highest BCUT2D eigenvalue weighted by Crippen LogP contribution is 2.36. The fourth-order valence-corrected chi connectivity index (χ4v) is 1.74. The van der Waals surface area contributed by atoms with Crippen LogP contribution in [-0.2, 0) is 0 Å². The standard InChI is InChI=1S/C15H12F5N5/c1-2-4-12(24-13(21)14(16,17)15(18,19)20)10-7-23-25(9-10)11-5-3-6-22-8-11/h2-9H,1H2,(H2,21,24)/b12-4-. The molecule has 0 fully saturated rings. The third-order valence-corrected chi connectivity index (χ3v) is 2.98. The molecule has 0 aliphatic heterocycles. The molecule has 2 aromatic heterocycles. The molecular weight excluding hydrogens is 345 g/mol. The van der Waals surface area contributed by atoms with Crippen LogP contribution in [0.4, 0.5) is 22.0 Å². The largest absolute Gasteiger partial charge is 0.461 e. The number of halogens is 5. The summed E-state index contributed by atoms with van der Waals surface area (Å²) in [7, 11) is 0. The minimum Gasteiger partial charge on any atom is -0.382 e. The van der Waals surface area contributed by atoms with Crippen LogP contribution in [0.2, 0.25) is 0 Å². The number of alkyl halides is 5. The lowest BCUT2D eigenvalue weighted by molar-refractivity contribution is -0.249. The van der Waals surface area contributed by atoms with Gasteiger partial charge in [-0.1, -0.05) is 12.7 Å². The van der Waals surface area contributed by atoms with E-state index in [1.54, 1.807) is 18.3 Å². The third kappa shape index (κ3) is 3.90. The molecule has 0 unspecified atom stereocenters. The smallest absolute Gasteiger partial charge is 0.382 e. The van der Waals surface area contributed by atoms with Crippen LogP contribution in [0, 0.1) is 0 Å². The van der Waals surface area contributed by atoms with Crippen LogP contribution in [0.1, 0.15) is 5.56 Å². The second-order valence-electron chi connectivity index (χ2n) is 4.74. The molecule has 2 rings (SSSR count). The van der Waals surface area contributed by atoms with Crippen molar-refractivity contribution >= 4 is 11.5 Å². The van der Waals surface area contributed by atoms with Gasteiger partial charge in [-0.15, -0.1) is 0 Å². The summed E-state index contributed by atoms with van der Waals surface area (Å²) in [5.41, 5.74) is 5.38. The first-order chi connectivity index (χ1) is 11.7. The Morgan fingerprint density at radius 1 is 1.24 bits per heavy atom. The summed E-state index contributed by atoms with van der Waals surface area (Å²) < 4.78 is 65.0. The van der Waals surface area contributed by atoms with Gasteiger partial charge >= 0.3 is 12.1 Å². The van der Waals surface area contributed by atoms with Gasteiger partial charge in [-0.2, -0.15) is 27.1 Å². The molecule has 10 heteroatoms. The number of aliphatic imine (C=N–C) groups is 1. The lowest BCUT2D eigenvalue weighted by Gasteiger charge is -2.18. The Morgan fingerprint density at radius 2 is 1.96 bits per heavy atom. The summed E-state index contributed by atoms with van der Waals surface area (Å²) in [5, 5.41) is 3.99. The average Bonchev–Trinajstić information content (AvgIpc) is 3.04. The van der Waals surface area contributed by atoms with Gasteiger partial charge in [0.05, 0.1) is 23.8 Å². The monoisotopic (exact) mass is 357 g/mol. The van der Waals surface area contributed by atoms with E-state index in [1.807, 2.05) is 0 Å². The molecular formula is C15H12F5N5. The molecule has 0 radical (unpaired) electrons. The van der Waals surface area contributed by atoms with E-state index in [1.165, 1.54) is 29.3 Å². The fourth-order valence-electron chi connectivity index (χ4n) is 1.74. The Balaban J connectivity index is 2.41. The Morgan fingerprint density at radius 3 is 2.52 bits per heavy atom. The number of hydrogen-bond acceptors (Lipinski definition) is 3. The van der Waals surface area contributed by atoms with Crippen molar-refractivity contribution in [3.05, 3.63) is 61.2 Å². The van der Waals surface area contributed by atoms with E-state index in [0.717, 1.165) is 6.08 Å². The van der Waals surface area contributed by atoms with Crippen molar-refractivity contribution < 1.29 is 22.0 Å². The summed E-state index contributed by atoms with van der Waals surface area (Å²) in [6, 6.07) is 3.33. The maximum absolute atomic E-state index is 13.2. The Bertz CT molecular complexity index is 805. The highest BCUT2D eigenvalue weighted by molar-refractivity contribution is 5.93. The van der Waals surface area contributed by atoms with Gasteiger partial charge in [-0.25, -0.2) is 9.67 Å². The highest BCUT2D eigenvalue weighted by atomic mass is 19.4. The fraction of sp³-hybridized carbons (Fsp3) is 0.133. The minimum absolute atomic E-state index is 0.171. The molecule has 2 aromatic rings. The topological polar surface area (TPSA) is 69.1 Å². The summed E-state index contributed by atoms with van der Waals surface area (Å²) >= 11 is 0. The number of rotatable bonds is 5. The molecule has 5 nitrogen and oxygen atoms in total. The van der Waals surface area contributed by atoms with Crippen molar-refractivity contribution in [3.8, 4) is 5.69 Å². The van der Waals surface area contributed by atoms with Crippen LogP contribution in [-0.4, -0.2) is 32.7 Å². The number of aromatic nitrogens is 3. The molecule has 0 aliphatic carbocycles.